The Morgan fingerprint density at radius 2 is 2.31 bits per heavy atom. The minimum absolute atomic E-state index is 0.409. The van der Waals surface area contributed by atoms with Gasteiger partial charge in [0.2, 0.25) is 0 Å². The molecule has 0 saturated carbocycles. The van der Waals surface area contributed by atoms with Gasteiger partial charge in [0.25, 0.3) is 0 Å². The van der Waals surface area contributed by atoms with E-state index in [9.17, 15) is 4.79 Å². The van der Waals surface area contributed by atoms with Crippen LogP contribution in [0.4, 0.5) is 0 Å². The number of benzene rings is 1. The van der Waals surface area contributed by atoms with E-state index >= 15 is 0 Å². The zero-order chi connectivity index (χ0) is 11.5. The van der Waals surface area contributed by atoms with Gasteiger partial charge in [0, 0.05) is 5.56 Å². The maximum Gasteiger partial charge on any atom is 0.153 e. The number of aldehydes is 1. The molecule has 78 valence electrons. The molecule has 0 aliphatic rings. The van der Waals surface area contributed by atoms with Crippen molar-refractivity contribution in [2.24, 2.45) is 0 Å². The predicted molar refractivity (Wildman–Crippen MR) is 59.1 cm³/mol. The van der Waals surface area contributed by atoms with Crippen molar-refractivity contribution in [3.8, 4) is 17.3 Å². The second-order valence-electron chi connectivity index (χ2n) is 3.12. The lowest BCUT2D eigenvalue weighted by molar-refractivity contribution is 0.112. The molecule has 0 unspecified atom stereocenters. The van der Waals surface area contributed by atoms with Gasteiger partial charge in [-0.1, -0.05) is 11.6 Å². The molecule has 16 heavy (non-hydrogen) atoms. The summed E-state index contributed by atoms with van der Waals surface area (Å²) < 4.78 is 0. The van der Waals surface area contributed by atoms with Crippen molar-refractivity contribution in [3.63, 3.8) is 0 Å². The smallest absolute Gasteiger partial charge is 0.153 e. The molecule has 1 aromatic carbocycles. The van der Waals surface area contributed by atoms with Crippen molar-refractivity contribution in [2.45, 2.75) is 0 Å². The van der Waals surface area contributed by atoms with Crippen molar-refractivity contribution in [1.82, 2.24) is 10.2 Å². The Labute approximate surface area is 96.5 Å². The van der Waals surface area contributed by atoms with Crippen molar-refractivity contribution < 1.29 is 4.79 Å². The average Bonchev–Trinajstić information content (AvgIpc) is 2.76. The Bertz CT molecular complexity index is 583. The normalized spacial score (nSPS) is 9.75. The van der Waals surface area contributed by atoms with Gasteiger partial charge in [-0.05, 0) is 18.2 Å². The van der Waals surface area contributed by atoms with Crippen molar-refractivity contribution in [1.29, 1.82) is 5.26 Å². The van der Waals surface area contributed by atoms with Crippen LogP contribution in [0.2, 0.25) is 5.02 Å². The molecule has 0 fully saturated rings. The van der Waals surface area contributed by atoms with Gasteiger partial charge in [0.15, 0.2) is 6.29 Å². The van der Waals surface area contributed by atoms with Crippen LogP contribution in [-0.4, -0.2) is 16.5 Å². The lowest BCUT2D eigenvalue weighted by atomic mass is 10.1. The largest absolute Gasteiger partial charge is 0.298 e. The fourth-order valence-electron chi connectivity index (χ4n) is 1.39. The third-order valence-corrected chi connectivity index (χ3v) is 2.48. The molecule has 0 amide bonds. The Hall–Kier alpha value is -2.12. The highest BCUT2D eigenvalue weighted by Crippen LogP contribution is 2.28. The summed E-state index contributed by atoms with van der Waals surface area (Å²) in [6, 6.07) is 6.85. The molecule has 0 saturated heterocycles. The van der Waals surface area contributed by atoms with E-state index in [1.807, 2.05) is 6.07 Å². The second-order valence-corrected chi connectivity index (χ2v) is 3.53. The van der Waals surface area contributed by atoms with E-state index in [1.165, 1.54) is 6.20 Å². The third kappa shape index (κ3) is 1.69. The number of aromatic nitrogens is 2. The first-order valence-electron chi connectivity index (χ1n) is 4.45. The average molecular weight is 232 g/mol. The highest BCUT2D eigenvalue weighted by atomic mass is 35.5. The fraction of sp³-hybridized carbons (Fsp3) is 0. The lowest BCUT2D eigenvalue weighted by Gasteiger charge is -2.02. The van der Waals surface area contributed by atoms with E-state index in [-0.39, 0.29) is 0 Å². The highest BCUT2D eigenvalue weighted by Gasteiger charge is 2.10. The zero-order valence-electron chi connectivity index (χ0n) is 8.07. The van der Waals surface area contributed by atoms with Crippen LogP contribution in [-0.2, 0) is 0 Å². The van der Waals surface area contributed by atoms with E-state index < -0.39 is 0 Å². The van der Waals surface area contributed by atoms with Crippen LogP contribution in [0.5, 0.6) is 0 Å². The summed E-state index contributed by atoms with van der Waals surface area (Å²) in [5.74, 6) is 0. The number of carbonyl (C=O) groups excluding carboxylic acids is 1. The van der Waals surface area contributed by atoms with Crippen molar-refractivity contribution in [2.75, 3.05) is 0 Å². The molecule has 0 spiro atoms. The second kappa shape index (κ2) is 4.17. The minimum Gasteiger partial charge on any atom is -0.298 e. The summed E-state index contributed by atoms with van der Waals surface area (Å²) in [5, 5.41) is 15.6. The van der Waals surface area contributed by atoms with Crippen LogP contribution in [0, 0.1) is 11.3 Å². The van der Waals surface area contributed by atoms with Crippen LogP contribution in [0.1, 0.15) is 15.9 Å². The molecule has 0 radical (unpaired) electrons. The summed E-state index contributed by atoms with van der Waals surface area (Å²) in [5.41, 5.74) is 2.12. The first-order valence-corrected chi connectivity index (χ1v) is 4.82. The first kappa shape index (κ1) is 10.4. The fourth-order valence-corrected chi connectivity index (χ4v) is 1.66. The van der Waals surface area contributed by atoms with Crippen LogP contribution >= 0.6 is 11.6 Å². The van der Waals surface area contributed by atoms with Gasteiger partial charge in [-0.3, -0.25) is 9.89 Å². The highest BCUT2D eigenvalue weighted by molar-refractivity contribution is 6.33. The Kier molecular flexibility index (Phi) is 2.71. The topological polar surface area (TPSA) is 69.5 Å². The minimum atomic E-state index is 0.409. The maximum atomic E-state index is 10.7. The summed E-state index contributed by atoms with van der Waals surface area (Å²) in [4.78, 5) is 10.7. The van der Waals surface area contributed by atoms with Crippen LogP contribution in [0.25, 0.3) is 11.3 Å². The van der Waals surface area contributed by atoms with E-state index in [2.05, 4.69) is 10.2 Å². The number of nitrogens with one attached hydrogen (secondary N) is 1. The standard InChI is InChI=1S/C11H6ClN3O/c12-10-3-7(4-13)1-2-9(10)11-8(6-16)5-14-15-11/h1-3,5-6H,(H,14,15). The molecule has 1 heterocycles. The van der Waals surface area contributed by atoms with E-state index in [4.69, 9.17) is 16.9 Å². The molecule has 1 aromatic heterocycles. The molecule has 0 atom stereocenters. The molecule has 2 rings (SSSR count). The molecule has 0 aliphatic heterocycles. The van der Waals surface area contributed by atoms with Gasteiger partial charge >= 0.3 is 0 Å². The Balaban J connectivity index is 2.57. The van der Waals surface area contributed by atoms with Crippen LogP contribution in [0.3, 0.4) is 0 Å². The number of hydrogen-bond donors (Lipinski definition) is 1. The van der Waals surface area contributed by atoms with Gasteiger partial charge < -0.3 is 0 Å². The number of rotatable bonds is 2. The van der Waals surface area contributed by atoms with Gasteiger partial charge in [-0.25, -0.2) is 0 Å². The number of hydrogen-bond acceptors (Lipinski definition) is 3. The molecule has 4 nitrogen and oxygen atoms in total. The number of halogens is 1. The molecule has 5 heteroatoms. The van der Waals surface area contributed by atoms with Gasteiger partial charge in [-0.2, -0.15) is 10.4 Å². The van der Waals surface area contributed by atoms with Gasteiger partial charge in [0.05, 0.1) is 34.1 Å². The summed E-state index contributed by atoms with van der Waals surface area (Å²) in [6.45, 7) is 0. The van der Waals surface area contributed by atoms with E-state index in [0.29, 0.717) is 33.7 Å². The number of nitrogens with zero attached hydrogens (tertiary/aromatic N) is 2. The SMILES string of the molecule is N#Cc1ccc(-c2[nH]ncc2C=O)c(Cl)c1. The van der Waals surface area contributed by atoms with Crippen LogP contribution in [0.15, 0.2) is 24.4 Å². The summed E-state index contributed by atoms with van der Waals surface area (Å²) in [6.07, 6.45) is 2.13. The first-order chi connectivity index (χ1) is 7.76. The molecule has 0 bridgehead atoms. The molecular weight excluding hydrogens is 226 g/mol. The van der Waals surface area contributed by atoms with Crippen LogP contribution < -0.4 is 0 Å². The number of carbonyl (C=O) groups is 1. The Morgan fingerprint density at radius 1 is 1.50 bits per heavy atom. The number of H-pyrrole nitrogens is 1. The maximum absolute atomic E-state index is 10.7. The Morgan fingerprint density at radius 3 is 2.94 bits per heavy atom. The van der Waals surface area contributed by atoms with Gasteiger partial charge in [0.1, 0.15) is 0 Å². The van der Waals surface area contributed by atoms with Crippen molar-refractivity contribution in [3.05, 3.63) is 40.5 Å². The molecular formula is C11H6ClN3O. The third-order valence-electron chi connectivity index (χ3n) is 2.16. The molecule has 0 aliphatic carbocycles. The lowest BCUT2D eigenvalue weighted by Crippen LogP contribution is -1.86. The number of nitriles is 1. The number of aromatic amines is 1. The van der Waals surface area contributed by atoms with E-state index in [1.54, 1.807) is 18.2 Å². The molecule has 1 N–H and O–H groups in total. The summed E-state index contributed by atoms with van der Waals surface area (Å²) >= 11 is 6.01. The van der Waals surface area contributed by atoms with Gasteiger partial charge in [-0.15, -0.1) is 0 Å². The van der Waals surface area contributed by atoms with E-state index in [0.717, 1.165) is 0 Å². The summed E-state index contributed by atoms with van der Waals surface area (Å²) in [7, 11) is 0. The van der Waals surface area contributed by atoms with Crippen molar-refractivity contribution >= 4 is 17.9 Å². The molecule has 2 aromatic rings. The zero-order valence-corrected chi connectivity index (χ0v) is 8.82. The predicted octanol–water partition coefficient (Wildman–Crippen LogP) is 2.41. The monoisotopic (exact) mass is 231 g/mol. The quantitative estimate of drug-likeness (QED) is 0.807.